The molecule has 1 heterocycles. The normalized spacial score (nSPS) is 10.5. The van der Waals surface area contributed by atoms with Gasteiger partial charge in [0.2, 0.25) is 5.13 Å². The molecule has 5 nitrogen and oxygen atoms in total. The van der Waals surface area contributed by atoms with E-state index < -0.39 is 0 Å². The van der Waals surface area contributed by atoms with Crippen molar-refractivity contribution in [2.75, 3.05) is 11.9 Å². The summed E-state index contributed by atoms with van der Waals surface area (Å²) in [4.78, 5) is 12.1. The van der Waals surface area contributed by atoms with E-state index in [1.807, 2.05) is 12.1 Å². The summed E-state index contributed by atoms with van der Waals surface area (Å²) in [7, 11) is 0. The molecule has 1 aromatic heterocycles. The minimum atomic E-state index is -0.239. The van der Waals surface area contributed by atoms with Gasteiger partial charge in [-0.1, -0.05) is 42.0 Å². The van der Waals surface area contributed by atoms with E-state index >= 15 is 0 Å². The third kappa shape index (κ3) is 5.03. The molecule has 1 N–H and O–H groups in total. The van der Waals surface area contributed by atoms with Crippen LogP contribution >= 0.6 is 22.9 Å². The molecule has 7 heteroatoms. The molecule has 0 atom stereocenters. The molecule has 3 rings (SSSR count). The number of aryl methyl sites for hydroxylation is 1. The van der Waals surface area contributed by atoms with Gasteiger partial charge in [-0.3, -0.25) is 10.1 Å². The Morgan fingerprint density at radius 3 is 2.54 bits per heavy atom. The molecule has 0 aliphatic carbocycles. The van der Waals surface area contributed by atoms with Crippen LogP contribution in [0.25, 0.3) is 0 Å². The molecular weight excluding hydrogens is 370 g/mol. The van der Waals surface area contributed by atoms with Gasteiger partial charge in [0.25, 0.3) is 5.91 Å². The summed E-state index contributed by atoms with van der Waals surface area (Å²) in [6.07, 6.45) is 1.64. The largest absolute Gasteiger partial charge is 0.493 e. The van der Waals surface area contributed by atoms with Crippen LogP contribution in [0.1, 0.15) is 27.9 Å². The lowest BCUT2D eigenvalue weighted by Crippen LogP contribution is -2.11. The molecule has 2 aromatic carbocycles. The van der Waals surface area contributed by atoms with Crippen LogP contribution in [0.5, 0.6) is 5.75 Å². The maximum Gasteiger partial charge on any atom is 0.257 e. The lowest BCUT2D eigenvalue weighted by Gasteiger charge is -2.05. The van der Waals surface area contributed by atoms with Crippen LogP contribution < -0.4 is 10.1 Å². The number of nitrogens with zero attached hydrogens (tertiary/aromatic N) is 2. The van der Waals surface area contributed by atoms with Crippen molar-refractivity contribution >= 4 is 34.0 Å². The molecule has 0 aliphatic heterocycles. The first-order valence-corrected chi connectivity index (χ1v) is 9.44. The van der Waals surface area contributed by atoms with Crippen molar-refractivity contribution < 1.29 is 9.53 Å². The molecular formula is C19H18ClN3O2S. The number of hydrogen-bond acceptors (Lipinski definition) is 5. The standard InChI is InChI=1S/C19H18ClN3O2S/c1-2-13-3-9-16(10-4-13)25-12-11-17-22-23-19(26-17)21-18(24)14-5-7-15(20)8-6-14/h3-10H,2,11-12H2,1H3,(H,21,23,24). The number of amides is 1. The average Bonchev–Trinajstić information content (AvgIpc) is 3.10. The molecule has 0 unspecified atom stereocenters. The van der Waals surface area contributed by atoms with Crippen LogP contribution in [0, 0.1) is 0 Å². The number of carbonyl (C=O) groups is 1. The number of hydrogen-bond donors (Lipinski definition) is 1. The number of rotatable bonds is 7. The molecule has 134 valence electrons. The zero-order valence-electron chi connectivity index (χ0n) is 14.2. The first kappa shape index (κ1) is 18.4. The topological polar surface area (TPSA) is 64.1 Å². The van der Waals surface area contributed by atoms with E-state index in [2.05, 4.69) is 34.6 Å². The van der Waals surface area contributed by atoms with E-state index in [-0.39, 0.29) is 5.91 Å². The van der Waals surface area contributed by atoms with Gasteiger partial charge in [-0.15, -0.1) is 10.2 Å². The number of anilines is 1. The molecule has 0 fully saturated rings. The summed E-state index contributed by atoms with van der Waals surface area (Å²) in [5.41, 5.74) is 1.80. The van der Waals surface area contributed by atoms with Crippen LogP contribution in [0.4, 0.5) is 5.13 Å². The van der Waals surface area contributed by atoms with Crippen molar-refractivity contribution in [2.24, 2.45) is 0 Å². The second-order valence-electron chi connectivity index (χ2n) is 5.56. The van der Waals surface area contributed by atoms with Crippen molar-refractivity contribution in [1.82, 2.24) is 10.2 Å². The van der Waals surface area contributed by atoms with Crippen LogP contribution in [-0.2, 0) is 12.8 Å². The summed E-state index contributed by atoms with van der Waals surface area (Å²) >= 11 is 7.16. The third-order valence-corrected chi connectivity index (χ3v) is 4.86. The Balaban J connectivity index is 1.49. The fourth-order valence-corrected chi connectivity index (χ4v) is 3.09. The second-order valence-corrected chi connectivity index (χ2v) is 7.06. The molecule has 1 amide bonds. The zero-order valence-corrected chi connectivity index (χ0v) is 15.8. The van der Waals surface area contributed by atoms with E-state index in [9.17, 15) is 4.79 Å². The van der Waals surface area contributed by atoms with Crippen molar-refractivity contribution in [3.05, 3.63) is 69.7 Å². The van der Waals surface area contributed by atoms with Crippen molar-refractivity contribution in [3.8, 4) is 5.75 Å². The van der Waals surface area contributed by atoms with Gasteiger partial charge in [-0.2, -0.15) is 0 Å². The molecule has 0 saturated heterocycles. The maximum atomic E-state index is 12.1. The van der Waals surface area contributed by atoms with Crippen molar-refractivity contribution in [1.29, 1.82) is 0 Å². The van der Waals surface area contributed by atoms with E-state index in [0.717, 1.165) is 17.2 Å². The Bertz CT molecular complexity index is 863. The molecule has 0 radical (unpaired) electrons. The third-order valence-electron chi connectivity index (χ3n) is 3.71. The van der Waals surface area contributed by atoms with Crippen molar-refractivity contribution in [3.63, 3.8) is 0 Å². The van der Waals surface area contributed by atoms with Crippen molar-refractivity contribution in [2.45, 2.75) is 19.8 Å². The van der Waals surface area contributed by atoms with E-state index in [0.29, 0.717) is 28.7 Å². The lowest BCUT2D eigenvalue weighted by molar-refractivity contribution is 0.102. The van der Waals surface area contributed by atoms with Crippen LogP contribution in [-0.4, -0.2) is 22.7 Å². The predicted molar refractivity (Wildman–Crippen MR) is 104 cm³/mol. The van der Waals surface area contributed by atoms with Gasteiger partial charge in [0.1, 0.15) is 10.8 Å². The Labute approximate surface area is 161 Å². The molecule has 0 saturated carbocycles. The number of nitrogens with one attached hydrogen (secondary N) is 1. The lowest BCUT2D eigenvalue weighted by atomic mass is 10.2. The van der Waals surface area contributed by atoms with Gasteiger partial charge in [-0.25, -0.2) is 0 Å². The van der Waals surface area contributed by atoms with E-state index in [4.69, 9.17) is 16.3 Å². The van der Waals surface area contributed by atoms with Gasteiger partial charge in [0.05, 0.1) is 6.61 Å². The second kappa shape index (κ2) is 8.78. The number of benzene rings is 2. The smallest absolute Gasteiger partial charge is 0.257 e. The number of ether oxygens (including phenoxy) is 1. The average molecular weight is 388 g/mol. The quantitative estimate of drug-likeness (QED) is 0.642. The van der Waals surface area contributed by atoms with Crippen LogP contribution in [0.2, 0.25) is 5.02 Å². The summed E-state index contributed by atoms with van der Waals surface area (Å²) < 4.78 is 5.72. The molecule has 0 bridgehead atoms. The van der Waals surface area contributed by atoms with E-state index in [1.165, 1.54) is 16.9 Å². The maximum absolute atomic E-state index is 12.1. The van der Waals surface area contributed by atoms with E-state index in [1.54, 1.807) is 24.3 Å². The minimum Gasteiger partial charge on any atom is -0.493 e. The van der Waals surface area contributed by atoms with Gasteiger partial charge < -0.3 is 4.74 Å². The number of aromatic nitrogens is 2. The predicted octanol–water partition coefficient (Wildman–Crippen LogP) is 4.63. The Hall–Kier alpha value is -2.44. The highest BCUT2D eigenvalue weighted by Gasteiger charge is 2.10. The Morgan fingerprint density at radius 2 is 1.85 bits per heavy atom. The molecule has 3 aromatic rings. The van der Waals surface area contributed by atoms with Gasteiger partial charge >= 0.3 is 0 Å². The molecule has 0 aliphatic rings. The Morgan fingerprint density at radius 1 is 1.12 bits per heavy atom. The summed E-state index contributed by atoms with van der Waals surface area (Å²) in [5, 5.41) is 12.7. The monoisotopic (exact) mass is 387 g/mol. The summed E-state index contributed by atoms with van der Waals surface area (Å²) in [6, 6.07) is 14.7. The first-order valence-electron chi connectivity index (χ1n) is 8.25. The SMILES string of the molecule is CCc1ccc(OCCc2nnc(NC(=O)c3ccc(Cl)cc3)s2)cc1. The highest BCUT2D eigenvalue weighted by molar-refractivity contribution is 7.15. The fourth-order valence-electron chi connectivity index (χ4n) is 2.25. The summed E-state index contributed by atoms with van der Waals surface area (Å²) in [6.45, 7) is 2.62. The highest BCUT2D eigenvalue weighted by atomic mass is 35.5. The van der Waals surface area contributed by atoms with Gasteiger partial charge in [0.15, 0.2) is 0 Å². The number of carbonyl (C=O) groups excluding carboxylic acids is 1. The van der Waals surface area contributed by atoms with Gasteiger partial charge in [0, 0.05) is 17.0 Å². The van der Waals surface area contributed by atoms with Crippen LogP contribution in [0.15, 0.2) is 48.5 Å². The first-order chi connectivity index (χ1) is 12.6. The Kier molecular flexibility index (Phi) is 6.20. The van der Waals surface area contributed by atoms with Gasteiger partial charge in [-0.05, 0) is 48.4 Å². The number of halogens is 1. The fraction of sp³-hybridized carbons (Fsp3) is 0.211. The summed E-state index contributed by atoms with van der Waals surface area (Å²) in [5.74, 6) is 0.597. The highest BCUT2D eigenvalue weighted by Crippen LogP contribution is 2.18. The zero-order chi connectivity index (χ0) is 18.4. The minimum absolute atomic E-state index is 0.239. The molecule has 26 heavy (non-hydrogen) atoms. The van der Waals surface area contributed by atoms with Crippen LogP contribution in [0.3, 0.4) is 0 Å². The molecule has 0 spiro atoms.